The summed E-state index contributed by atoms with van der Waals surface area (Å²) in [5.41, 5.74) is 6.45. The van der Waals surface area contributed by atoms with Gasteiger partial charge >= 0.3 is 5.97 Å². The number of carbonyl (C=O) groups is 1. The summed E-state index contributed by atoms with van der Waals surface area (Å²) in [5, 5.41) is 27.6. The number of nitro benzene ring substituents is 1. The third kappa shape index (κ3) is 5.33. The first-order valence-corrected chi connectivity index (χ1v) is 8.30. The number of aromatic nitrogens is 2. The maximum atomic E-state index is 10.3. The van der Waals surface area contributed by atoms with Crippen LogP contribution in [-0.2, 0) is 0 Å². The molecule has 10 heteroatoms. The van der Waals surface area contributed by atoms with Crippen LogP contribution in [0.15, 0.2) is 53.0 Å². The van der Waals surface area contributed by atoms with Crippen molar-refractivity contribution >= 4 is 44.1 Å². The largest absolute Gasteiger partial charge is 0.478 e. The summed E-state index contributed by atoms with van der Waals surface area (Å²) in [6.45, 7) is 0. The summed E-state index contributed by atoms with van der Waals surface area (Å²) in [5.74, 6) is -1.09. The van der Waals surface area contributed by atoms with Gasteiger partial charge in [-0.3, -0.25) is 10.1 Å². The molecule has 0 unspecified atom stereocenters. The fraction of sp³-hybridized carbons (Fsp3) is 0. The molecule has 0 amide bonds. The molecule has 3 rings (SSSR count). The Balaban J connectivity index is 0.000000181. The van der Waals surface area contributed by atoms with Gasteiger partial charge in [-0.15, -0.1) is 10.2 Å². The summed E-state index contributed by atoms with van der Waals surface area (Å²) in [4.78, 5) is 19.9. The minimum Gasteiger partial charge on any atom is -0.478 e. The van der Waals surface area contributed by atoms with E-state index in [1.54, 1.807) is 0 Å². The number of nitro groups is 1. The number of hydrogen-bond donors (Lipinski definition) is 2. The van der Waals surface area contributed by atoms with E-state index in [0.717, 1.165) is 27.2 Å². The average Bonchev–Trinajstić information content (AvgIpc) is 3.02. The smallest absolute Gasteiger partial charge is 0.335 e. The fourth-order valence-electron chi connectivity index (χ4n) is 1.67. The fourth-order valence-corrected chi connectivity index (χ4v) is 2.55. The summed E-state index contributed by atoms with van der Waals surface area (Å²) in [7, 11) is 0. The molecule has 25 heavy (non-hydrogen) atoms. The van der Waals surface area contributed by atoms with Crippen molar-refractivity contribution in [3.8, 4) is 10.6 Å². The van der Waals surface area contributed by atoms with Gasteiger partial charge in [-0.05, 0) is 24.3 Å². The summed E-state index contributed by atoms with van der Waals surface area (Å²) in [6, 6.07) is 12.6. The minimum atomic E-state index is -1.09. The van der Waals surface area contributed by atoms with E-state index in [9.17, 15) is 14.9 Å². The number of nitrogens with zero attached hydrogens (tertiary/aromatic N) is 3. The third-order valence-corrected chi connectivity index (χ3v) is 4.19. The van der Waals surface area contributed by atoms with E-state index in [4.69, 9.17) is 10.8 Å². The second-order valence-corrected chi connectivity index (χ2v) is 6.49. The zero-order chi connectivity index (χ0) is 18.4. The van der Waals surface area contributed by atoms with Gasteiger partial charge in [0, 0.05) is 22.2 Å². The molecule has 0 atom stereocenters. The number of benzene rings is 2. The number of aromatic carboxylic acids is 1. The number of rotatable bonds is 3. The third-order valence-electron chi connectivity index (χ3n) is 2.86. The molecule has 3 aromatic rings. The van der Waals surface area contributed by atoms with Gasteiger partial charge in [0.1, 0.15) is 5.01 Å². The van der Waals surface area contributed by atoms with Crippen LogP contribution < -0.4 is 5.73 Å². The highest BCUT2D eigenvalue weighted by atomic mass is 79.9. The molecule has 1 heterocycles. The Kier molecular flexibility index (Phi) is 6.14. The lowest BCUT2D eigenvalue weighted by molar-refractivity contribution is -0.384. The van der Waals surface area contributed by atoms with Crippen LogP contribution in [-0.4, -0.2) is 26.2 Å². The highest BCUT2D eigenvalue weighted by Gasteiger charge is 2.07. The Bertz CT molecular complexity index is 848. The Hall–Kier alpha value is -2.85. The molecule has 0 saturated carbocycles. The molecule has 3 N–H and O–H groups in total. The van der Waals surface area contributed by atoms with Gasteiger partial charge in [0.15, 0.2) is 0 Å². The van der Waals surface area contributed by atoms with E-state index in [1.807, 2.05) is 24.3 Å². The number of carboxylic acid groups (broad SMARTS) is 1. The molecule has 0 radical (unpaired) electrons. The molecular formula is C15H11BrN4O4S. The SMILES string of the molecule is Nc1nnc(-c2ccc(Br)cc2)s1.O=C(O)c1ccc([N+](=O)[O-])cc1. The van der Waals surface area contributed by atoms with Crippen molar-refractivity contribution in [3.05, 3.63) is 68.7 Å². The van der Waals surface area contributed by atoms with Gasteiger partial charge in [-0.1, -0.05) is 39.4 Å². The Labute approximate surface area is 154 Å². The van der Waals surface area contributed by atoms with Crippen LogP contribution in [0.5, 0.6) is 0 Å². The number of hydrogen-bond acceptors (Lipinski definition) is 7. The molecule has 0 saturated heterocycles. The van der Waals surface area contributed by atoms with Gasteiger partial charge in [-0.25, -0.2) is 4.79 Å². The summed E-state index contributed by atoms with van der Waals surface area (Å²) in [6.07, 6.45) is 0. The maximum absolute atomic E-state index is 10.3. The van der Waals surface area contributed by atoms with Crippen molar-refractivity contribution in [1.29, 1.82) is 0 Å². The van der Waals surface area contributed by atoms with Crippen LogP contribution in [0.1, 0.15) is 10.4 Å². The second-order valence-electron chi connectivity index (χ2n) is 4.56. The zero-order valence-electron chi connectivity index (χ0n) is 12.5. The van der Waals surface area contributed by atoms with Crippen LogP contribution in [0, 0.1) is 10.1 Å². The minimum absolute atomic E-state index is 0.0422. The van der Waals surface area contributed by atoms with Crippen molar-refractivity contribution < 1.29 is 14.8 Å². The first kappa shape index (κ1) is 18.5. The van der Waals surface area contributed by atoms with Crippen molar-refractivity contribution in [2.24, 2.45) is 0 Å². The van der Waals surface area contributed by atoms with Crippen molar-refractivity contribution in [3.63, 3.8) is 0 Å². The van der Waals surface area contributed by atoms with Crippen molar-refractivity contribution in [2.75, 3.05) is 5.73 Å². The number of nitrogen functional groups attached to an aromatic ring is 1. The molecule has 0 aliphatic heterocycles. The molecule has 128 valence electrons. The van der Waals surface area contributed by atoms with Gasteiger partial charge in [-0.2, -0.15) is 0 Å². The van der Waals surface area contributed by atoms with E-state index in [1.165, 1.54) is 23.5 Å². The number of carboxylic acids is 1. The molecule has 1 aromatic heterocycles. The second kappa shape index (κ2) is 8.31. The number of non-ortho nitro benzene ring substituents is 1. The quantitative estimate of drug-likeness (QED) is 0.483. The zero-order valence-corrected chi connectivity index (χ0v) is 14.9. The summed E-state index contributed by atoms with van der Waals surface area (Å²) < 4.78 is 1.05. The van der Waals surface area contributed by atoms with Gasteiger partial charge in [0.25, 0.3) is 5.69 Å². The van der Waals surface area contributed by atoms with Crippen LogP contribution in [0.3, 0.4) is 0 Å². The molecule has 8 nitrogen and oxygen atoms in total. The van der Waals surface area contributed by atoms with E-state index in [-0.39, 0.29) is 11.3 Å². The normalized spacial score (nSPS) is 9.80. The van der Waals surface area contributed by atoms with Crippen molar-refractivity contribution in [1.82, 2.24) is 10.2 Å². The summed E-state index contributed by atoms with van der Waals surface area (Å²) >= 11 is 4.75. The molecule has 0 fully saturated rings. The van der Waals surface area contributed by atoms with Crippen molar-refractivity contribution in [2.45, 2.75) is 0 Å². The van der Waals surface area contributed by atoms with E-state index in [2.05, 4.69) is 26.1 Å². The van der Waals surface area contributed by atoms with Crippen LogP contribution in [0.2, 0.25) is 0 Å². The lowest BCUT2D eigenvalue weighted by Gasteiger charge is -1.93. The van der Waals surface area contributed by atoms with Crippen LogP contribution >= 0.6 is 27.3 Å². The molecular weight excluding hydrogens is 412 g/mol. The number of nitrogens with two attached hydrogens (primary N) is 1. The first-order valence-electron chi connectivity index (χ1n) is 6.69. The lowest BCUT2D eigenvalue weighted by Crippen LogP contribution is -1.96. The predicted molar refractivity (Wildman–Crippen MR) is 97.5 cm³/mol. The molecule has 0 aliphatic rings. The average molecular weight is 423 g/mol. The Morgan fingerprint density at radius 2 is 1.72 bits per heavy atom. The van der Waals surface area contributed by atoms with Gasteiger partial charge in [0.2, 0.25) is 5.13 Å². The molecule has 0 aliphatic carbocycles. The Morgan fingerprint density at radius 3 is 2.16 bits per heavy atom. The van der Waals surface area contributed by atoms with E-state index < -0.39 is 10.9 Å². The highest BCUT2D eigenvalue weighted by Crippen LogP contribution is 2.25. The topological polar surface area (TPSA) is 132 Å². The number of anilines is 1. The highest BCUT2D eigenvalue weighted by molar-refractivity contribution is 9.10. The first-order chi connectivity index (χ1) is 11.9. The van der Waals surface area contributed by atoms with E-state index >= 15 is 0 Å². The molecule has 2 aromatic carbocycles. The number of halogens is 1. The lowest BCUT2D eigenvalue weighted by atomic mass is 10.2. The monoisotopic (exact) mass is 422 g/mol. The van der Waals surface area contributed by atoms with E-state index in [0.29, 0.717) is 5.13 Å². The molecule has 0 spiro atoms. The van der Waals surface area contributed by atoms with Gasteiger partial charge < -0.3 is 10.8 Å². The van der Waals surface area contributed by atoms with Crippen LogP contribution in [0.4, 0.5) is 10.8 Å². The van der Waals surface area contributed by atoms with Crippen LogP contribution in [0.25, 0.3) is 10.6 Å². The maximum Gasteiger partial charge on any atom is 0.335 e. The van der Waals surface area contributed by atoms with Gasteiger partial charge in [0.05, 0.1) is 10.5 Å². The Morgan fingerprint density at radius 1 is 1.12 bits per heavy atom. The molecule has 0 bridgehead atoms. The standard InChI is InChI=1S/C8H6BrN3S.C7H5NO4/c9-6-3-1-5(2-4-6)7-11-12-8(10)13-7;9-7(10)5-1-3-6(4-2-5)8(11)12/h1-4H,(H2,10,12);1-4H,(H,9,10). The predicted octanol–water partition coefficient (Wildman–Crippen LogP) is 3.84.